The van der Waals surface area contributed by atoms with Crippen LogP contribution >= 0.6 is 0 Å². The highest BCUT2D eigenvalue weighted by molar-refractivity contribution is 5.55. The van der Waals surface area contributed by atoms with E-state index >= 15 is 0 Å². The molecule has 0 aliphatic rings. The molecule has 4 rings (SSSR count). The van der Waals surface area contributed by atoms with Crippen LogP contribution in [0.5, 0.6) is 34.5 Å². The van der Waals surface area contributed by atoms with Crippen LogP contribution in [0.4, 0.5) is 0 Å². The average molecular weight is 404 g/mol. The van der Waals surface area contributed by atoms with Crippen LogP contribution in [0, 0.1) is 22.7 Å². The van der Waals surface area contributed by atoms with E-state index < -0.39 is 0 Å². The van der Waals surface area contributed by atoms with Gasteiger partial charge in [0.2, 0.25) is 0 Å². The fourth-order valence-corrected chi connectivity index (χ4v) is 2.86. The van der Waals surface area contributed by atoms with Crippen LogP contribution in [0.2, 0.25) is 0 Å². The predicted octanol–water partition coefficient (Wildman–Crippen LogP) is 6.81. The first kappa shape index (κ1) is 19.6. The quantitative estimate of drug-likeness (QED) is 0.353. The van der Waals surface area contributed by atoms with E-state index in [2.05, 4.69) is 0 Å². The Bertz CT molecular complexity index is 1250. The number of hydrogen-bond donors (Lipinski definition) is 0. The monoisotopic (exact) mass is 404 g/mol. The van der Waals surface area contributed by atoms with Gasteiger partial charge in [0.1, 0.15) is 52.2 Å². The molecule has 0 saturated carbocycles. The van der Waals surface area contributed by atoms with Gasteiger partial charge in [0, 0.05) is 0 Å². The number of nitriles is 2. The predicted molar refractivity (Wildman–Crippen MR) is 115 cm³/mol. The summed E-state index contributed by atoms with van der Waals surface area (Å²) in [6, 6.07) is 32.8. The number of benzene rings is 4. The van der Waals surface area contributed by atoms with Crippen LogP contribution in [0.15, 0.2) is 97.1 Å². The van der Waals surface area contributed by atoms with Crippen LogP contribution in [0.1, 0.15) is 11.1 Å². The third kappa shape index (κ3) is 4.82. The molecule has 0 saturated heterocycles. The first-order valence-electron chi connectivity index (χ1n) is 9.47. The molecule has 0 aliphatic heterocycles. The molecule has 4 aromatic carbocycles. The third-order valence-electron chi connectivity index (χ3n) is 4.35. The molecular weight excluding hydrogens is 388 g/mol. The van der Waals surface area contributed by atoms with Crippen molar-refractivity contribution in [2.45, 2.75) is 0 Å². The lowest BCUT2D eigenvalue weighted by Crippen LogP contribution is -1.92. The van der Waals surface area contributed by atoms with Gasteiger partial charge in [-0.25, -0.2) is 0 Å². The Balaban J connectivity index is 1.41. The second kappa shape index (κ2) is 9.17. The summed E-state index contributed by atoms with van der Waals surface area (Å²) >= 11 is 0. The Kier molecular flexibility index (Phi) is 5.79. The number of rotatable bonds is 6. The molecule has 0 N–H and O–H groups in total. The minimum Gasteiger partial charge on any atom is -0.457 e. The second-order valence-electron chi connectivity index (χ2n) is 6.46. The smallest absolute Gasteiger partial charge is 0.146 e. The molecule has 5 heteroatoms. The normalized spacial score (nSPS) is 9.87. The topological polar surface area (TPSA) is 75.3 Å². The number of hydrogen-bond acceptors (Lipinski definition) is 5. The molecule has 0 aromatic heterocycles. The largest absolute Gasteiger partial charge is 0.457 e. The zero-order chi connectivity index (χ0) is 21.5. The van der Waals surface area contributed by atoms with Gasteiger partial charge in [0.25, 0.3) is 0 Å². The Morgan fingerprint density at radius 3 is 1.42 bits per heavy atom. The van der Waals surface area contributed by atoms with Crippen molar-refractivity contribution < 1.29 is 14.2 Å². The Morgan fingerprint density at radius 2 is 0.935 bits per heavy atom. The van der Waals surface area contributed by atoms with Gasteiger partial charge in [-0.1, -0.05) is 24.3 Å². The molecule has 0 heterocycles. The van der Waals surface area contributed by atoms with E-state index in [1.807, 2.05) is 66.7 Å². The van der Waals surface area contributed by atoms with Gasteiger partial charge in [0.05, 0.1) is 5.56 Å². The highest BCUT2D eigenvalue weighted by Crippen LogP contribution is 2.30. The molecule has 148 valence electrons. The van der Waals surface area contributed by atoms with Crippen molar-refractivity contribution in [1.82, 2.24) is 0 Å². The van der Waals surface area contributed by atoms with Gasteiger partial charge < -0.3 is 14.2 Å². The van der Waals surface area contributed by atoms with Crippen molar-refractivity contribution in [3.63, 3.8) is 0 Å². The van der Waals surface area contributed by atoms with Gasteiger partial charge in [0.15, 0.2) is 0 Å². The summed E-state index contributed by atoms with van der Waals surface area (Å²) in [4.78, 5) is 0. The van der Waals surface area contributed by atoms with Crippen molar-refractivity contribution in [3.05, 3.63) is 108 Å². The molecule has 0 spiro atoms. The molecule has 0 bridgehead atoms. The fraction of sp³-hybridized carbons (Fsp3) is 0. The maximum absolute atomic E-state index is 9.31. The van der Waals surface area contributed by atoms with Crippen molar-refractivity contribution >= 4 is 0 Å². The van der Waals surface area contributed by atoms with E-state index in [4.69, 9.17) is 19.5 Å². The minimum atomic E-state index is 0.211. The van der Waals surface area contributed by atoms with E-state index in [1.54, 1.807) is 42.5 Å². The van der Waals surface area contributed by atoms with Gasteiger partial charge in [-0.05, 0) is 72.8 Å². The highest BCUT2D eigenvalue weighted by Gasteiger charge is 2.10. The molecule has 4 aromatic rings. The highest BCUT2D eigenvalue weighted by atomic mass is 16.5. The van der Waals surface area contributed by atoms with E-state index in [1.165, 1.54) is 0 Å². The molecule has 0 atom stereocenters. The lowest BCUT2D eigenvalue weighted by molar-refractivity contribution is 0.463. The summed E-state index contributed by atoms with van der Waals surface area (Å²) in [7, 11) is 0. The van der Waals surface area contributed by atoms with Crippen LogP contribution in [-0.4, -0.2) is 0 Å². The molecule has 0 fully saturated rings. The van der Waals surface area contributed by atoms with E-state index in [9.17, 15) is 5.26 Å². The van der Waals surface area contributed by atoms with Crippen LogP contribution in [0.25, 0.3) is 0 Å². The van der Waals surface area contributed by atoms with Crippen molar-refractivity contribution in [2.75, 3.05) is 0 Å². The van der Waals surface area contributed by atoms with Crippen LogP contribution in [-0.2, 0) is 0 Å². The van der Waals surface area contributed by atoms with Gasteiger partial charge >= 0.3 is 0 Å². The molecule has 0 radical (unpaired) electrons. The second-order valence-corrected chi connectivity index (χ2v) is 6.46. The Hall–Kier alpha value is -4.74. The van der Waals surface area contributed by atoms with E-state index in [-0.39, 0.29) is 11.1 Å². The lowest BCUT2D eigenvalue weighted by Gasteiger charge is -2.10. The van der Waals surface area contributed by atoms with Gasteiger partial charge in [-0.2, -0.15) is 10.5 Å². The molecule has 0 aliphatic carbocycles. The summed E-state index contributed by atoms with van der Waals surface area (Å²) in [6.07, 6.45) is 0. The molecule has 0 amide bonds. The number of ether oxygens (including phenoxy) is 3. The summed E-state index contributed by atoms with van der Waals surface area (Å²) in [5.41, 5.74) is 0.489. The van der Waals surface area contributed by atoms with Gasteiger partial charge in [-0.15, -0.1) is 0 Å². The Morgan fingerprint density at radius 1 is 0.452 bits per heavy atom. The summed E-state index contributed by atoms with van der Waals surface area (Å²) in [6.45, 7) is 0. The third-order valence-corrected chi connectivity index (χ3v) is 4.35. The van der Waals surface area contributed by atoms with Crippen molar-refractivity contribution in [3.8, 4) is 46.6 Å². The molecule has 5 nitrogen and oxygen atoms in total. The first-order valence-corrected chi connectivity index (χ1v) is 9.47. The van der Waals surface area contributed by atoms with Crippen LogP contribution in [0.3, 0.4) is 0 Å². The minimum absolute atomic E-state index is 0.211. The SMILES string of the molecule is N#Cc1cccc(Oc2ccc(Oc3ccc(Oc4ccccc4)cc3)cc2)c1C#N. The zero-order valence-electron chi connectivity index (χ0n) is 16.4. The van der Waals surface area contributed by atoms with E-state index in [0.29, 0.717) is 23.0 Å². The maximum Gasteiger partial charge on any atom is 0.146 e. The fourth-order valence-electron chi connectivity index (χ4n) is 2.86. The van der Waals surface area contributed by atoms with Crippen LogP contribution < -0.4 is 14.2 Å². The molecule has 31 heavy (non-hydrogen) atoms. The molecule has 0 unspecified atom stereocenters. The number of para-hydroxylation sites is 1. The Labute approximate surface area is 179 Å². The van der Waals surface area contributed by atoms with Crippen molar-refractivity contribution in [2.24, 2.45) is 0 Å². The zero-order valence-corrected chi connectivity index (χ0v) is 16.4. The van der Waals surface area contributed by atoms with E-state index in [0.717, 1.165) is 11.5 Å². The summed E-state index contributed by atoms with van der Waals surface area (Å²) < 4.78 is 17.4. The van der Waals surface area contributed by atoms with Gasteiger partial charge in [-0.3, -0.25) is 0 Å². The first-order chi connectivity index (χ1) is 15.2. The standard InChI is InChI=1S/C26H16N2O3/c27-17-19-5-4-8-26(25(19)18-28)31-24-15-13-23(14-16-24)30-22-11-9-21(10-12-22)29-20-6-2-1-3-7-20/h1-16H. The summed E-state index contributed by atoms with van der Waals surface area (Å²) in [5, 5.41) is 18.4. The van der Waals surface area contributed by atoms with Crippen molar-refractivity contribution in [1.29, 1.82) is 10.5 Å². The summed E-state index contributed by atoms with van der Waals surface area (Å²) in [5.74, 6) is 3.66. The number of nitrogens with zero attached hydrogens (tertiary/aromatic N) is 2. The lowest BCUT2D eigenvalue weighted by atomic mass is 10.1. The molecular formula is C26H16N2O3. The average Bonchev–Trinajstić information content (AvgIpc) is 2.82. The maximum atomic E-state index is 9.31.